The third kappa shape index (κ3) is 4.92. The Bertz CT molecular complexity index is 970. The van der Waals surface area contributed by atoms with Gasteiger partial charge in [-0.2, -0.15) is 11.8 Å². The molecule has 7 heteroatoms. The van der Waals surface area contributed by atoms with Crippen LogP contribution < -0.4 is 10.1 Å². The van der Waals surface area contributed by atoms with Crippen LogP contribution in [-0.4, -0.2) is 54.4 Å². The van der Waals surface area contributed by atoms with Crippen LogP contribution in [0.1, 0.15) is 17.4 Å². The second-order valence-corrected chi connectivity index (χ2v) is 7.93. The Balaban J connectivity index is 1.75. The summed E-state index contributed by atoms with van der Waals surface area (Å²) in [5.41, 5.74) is 2.96. The number of para-hydroxylation sites is 3. The van der Waals surface area contributed by atoms with Gasteiger partial charge >= 0.3 is 0 Å². The van der Waals surface area contributed by atoms with Gasteiger partial charge in [-0.3, -0.25) is 4.79 Å². The molecule has 0 aliphatic carbocycles. The normalized spacial score (nSPS) is 12.3. The minimum Gasteiger partial charge on any atom is -0.496 e. The smallest absolute Gasteiger partial charge is 0.240 e. The summed E-state index contributed by atoms with van der Waals surface area (Å²) in [7, 11) is 5.67. The Labute approximate surface area is 176 Å². The number of benzene rings is 2. The average Bonchev–Trinajstić information content (AvgIpc) is 3.05. The van der Waals surface area contributed by atoms with Gasteiger partial charge < -0.3 is 19.5 Å². The topological polar surface area (TPSA) is 59.4 Å². The van der Waals surface area contributed by atoms with Crippen molar-refractivity contribution in [1.82, 2.24) is 19.8 Å². The number of imidazole rings is 1. The van der Waals surface area contributed by atoms with Crippen molar-refractivity contribution in [1.29, 1.82) is 0 Å². The number of carbonyl (C=O) groups is 1. The predicted octanol–water partition coefficient (Wildman–Crippen LogP) is 3.33. The molecule has 1 atom stereocenters. The molecule has 29 heavy (non-hydrogen) atoms. The number of nitrogens with one attached hydrogen (secondary N) is 1. The molecule has 1 aromatic heterocycles. The lowest BCUT2D eigenvalue weighted by Crippen LogP contribution is -2.36. The Morgan fingerprint density at radius 2 is 1.93 bits per heavy atom. The van der Waals surface area contributed by atoms with Gasteiger partial charge in [-0.25, -0.2) is 4.98 Å². The first-order valence-electron chi connectivity index (χ1n) is 9.54. The van der Waals surface area contributed by atoms with E-state index in [0.717, 1.165) is 33.9 Å². The molecule has 0 radical (unpaired) electrons. The molecule has 0 aliphatic rings. The van der Waals surface area contributed by atoms with Crippen LogP contribution in [0.15, 0.2) is 48.5 Å². The monoisotopic (exact) mass is 412 g/mol. The number of hydrogen-bond acceptors (Lipinski definition) is 5. The number of aromatic nitrogens is 2. The molecule has 0 fully saturated rings. The Morgan fingerprint density at radius 1 is 1.21 bits per heavy atom. The van der Waals surface area contributed by atoms with E-state index in [0.29, 0.717) is 6.54 Å². The van der Waals surface area contributed by atoms with Gasteiger partial charge in [0.05, 0.1) is 29.9 Å². The van der Waals surface area contributed by atoms with Crippen LogP contribution in [-0.2, 0) is 17.1 Å². The lowest BCUT2D eigenvalue weighted by atomic mass is 10.0. The highest BCUT2D eigenvalue weighted by atomic mass is 32.2. The molecule has 1 unspecified atom stereocenters. The van der Waals surface area contributed by atoms with Crippen molar-refractivity contribution in [2.24, 2.45) is 0 Å². The third-order valence-electron chi connectivity index (χ3n) is 4.92. The molecule has 1 amide bonds. The standard InChI is InChI=1S/C22H28N4O2S/c1-25(2)19(16-9-5-8-12-20(16)28-3)13-23-22(27)14-26-18-11-7-6-10-17(18)24-21(26)15-29-4/h5-12,19H,13-15H2,1-4H3,(H,23,27). The average molecular weight is 413 g/mol. The SMILES string of the molecule is COc1ccccc1C(CNC(=O)Cn1c(CSC)nc2ccccc21)N(C)C. The molecule has 3 rings (SSSR count). The number of hydrogen-bond donors (Lipinski definition) is 1. The first-order valence-corrected chi connectivity index (χ1v) is 10.9. The molecule has 0 saturated carbocycles. The van der Waals surface area contributed by atoms with Crippen molar-refractivity contribution < 1.29 is 9.53 Å². The van der Waals surface area contributed by atoms with E-state index >= 15 is 0 Å². The highest BCUT2D eigenvalue weighted by Crippen LogP contribution is 2.27. The van der Waals surface area contributed by atoms with Gasteiger partial charge in [-0.1, -0.05) is 30.3 Å². The molecule has 6 nitrogen and oxygen atoms in total. The summed E-state index contributed by atoms with van der Waals surface area (Å²) in [5, 5.41) is 3.09. The number of rotatable bonds is 9. The van der Waals surface area contributed by atoms with Crippen molar-refractivity contribution in [2.45, 2.75) is 18.3 Å². The van der Waals surface area contributed by atoms with Crippen LogP contribution in [0.2, 0.25) is 0 Å². The van der Waals surface area contributed by atoms with E-state index in [2.05, 4.69) is 15.2 Å². The van der Waals surface area contributed by atoms with Gasteiger partial charge in [0.15, 0.2) is 0 Å². The molecule has 1 N–H and O–H groups in total. The van der Waals surface area contributed by atoms with Gasteiger partial charge in [-0.05, 0) is 38.6 Å². The number of carbonyl (C=O) groups excluding carboxylic acids is 1. The second kappa shape index (κ2) is 9.80. The van der Waals surface area contributed by atoms with Gasteiger partial charge in [0.1, 0.15) is 18.1 Å². The van der Waals surface area contributed by atoms with E-state index < -0.39 is 0 Å². The van der Waals surface area contributed by atoms with E-state index in [1.807, 2.05) is 73.4 Å². The summed E-state index contributed by atoms with van der Waals surface area (Å²) >= 11 is 1.70. The van der Waals surface area contributed by atoms with E-state index in [1.165, 1.54) is 0 Å². The van der Waals surface area contributed by atoms with Crippen LogP contribution in [0, 0.1) is 0 Å². The summed E-state index contributed by atoms with van der Waals surface area (Å²) in [6, 6.07) is 15.9. The number of likely N-dealkylation sites (N-methyl/N-ethyl adjacent to an activating group) is 1. The summed E-state index contributed by atoms with van der Waals surface area (Å²) < 4.78 is 7.51. The van der Waals surface area contributed by atoms with Crippen molar-refractivity contribution in [3.05, 3.63) is 59.9 Å². The number of nitrogens with zero attached hydrogens (tertiary/aromatic N) is 3. The van der Waals surface area contributed by atoms with Crippen molar-refractivity contribution in [3.8, 4) is 5.75 Å². The summed E-state index contributed by atoms with van der Waals surface area (Å²) in [4.78, 5) is 19.6. The van der Waals surface area contributed by atoms with Gasteiger partial charge in [-0.15, -0.1) is 0 Å². The fourth-order valence-electron chi connectivity index (χ4n) is 3.46. The molecule has 0 spiro atoms. The minimum absolute atomic E-state index is 0.0142. The van der Waals surface area contributed by atoms with Crippen LogP contribution in [0.3, 0.4) is 0 Å². The maximum atomic E-state index is 12.8. The number of amides is 1. The number of methoxy groups -OCH3 is 1. The van der Waals surface area contributed by atoms with Crippen molar-refractivity contribution >= 4 is 28.7 Å². The first-order chi connectivity index (χ1) is 14.0. The van der Waals surface area contributed by atoms with E-state index in [1.54, 1.807) is 18.9 Å². The van der Waals surface area contributed by atoms with Gasteiger partial charge in [0.25, 0.3) is 0 Å². The fraction of sp³-hybridized carbons (Fsp3) is 0.364. The van der Waals surface area contributed by atoms with Crippen LogP contribution in [0.4, 0.5) is 0 Å². The lowest BCUT2D eigenvalue weighted by Gasteiger charge is -2.26. The molecule has 3 aromatic rings. The van der Waals surface area contributed by atoms with Gasteiger partial charge in [0, 0.05) is 12.1 Å². The van der Waals surface area contributed by atoms with Gasteiger partial charge in [0.2, 0.25) is 5.91 Å². The molecular weight excluding hydrogens is 384 g/mol. The lowest BCUT2D eigenvalue weighted by molar-refractivity contribution is -0.121. The minimum atomic E-state index is -0.0303. The van der Waals surface area contributed by atoms with Crippen LogP contribution in [0.25, 0.3) is 11.0 Å². The zero-order valence-electron chi connectivity index (χ0n) is 17.4. The highest BCUT2D eigenvalue weighted by Gasteiger charge is 2.20. The third-order valence-corrected chi connectivity index (χ3v) is 5.47. The predicted molar refractivity (Wildman–Crippen MR) is 119 cm³/mol. The quantitative estimate of drug-likeness (QED) is 0.584. The number of ether oxygens (including phenoxy) is 1. The van der Waals surface area contributed by atoms with Crippen LogP contribution in [0.5, 0.6) is 5.75 Å². The highest BCUT2D eigenvalue weighted by molar-refractivity contribution is 7.97. The zero-order valence-corrected chi connectivity index (χ0v) is 18.2. The molecule has 0 bridgehead atoms. The van der Waals surface area contributed by atoms with Crippen molar-refractivity contribution in [2.75, 3.05) is 34.0 Å². The van der Waals surface area contributed by atoms with E-state index in [-0.39, 0.29) is 18.5 Å². The summed E-state index contributed by atoms with van der Waals surface area (Å²) in [6.45, 7) is 0.749. The zero-order chi connectivity index (χ0) is 20.8. The Hall–Kier alpha value is -2.51. The maximum Gasteiger partial charge on any atom is 0.240 e. The van der Waals surface area contributed by atoms with E-state index in [9.17, 15) is 4.79 Å². The molecule has 0 aliphatic heterocycles. The largest absolute Gasteiger partial charge is 0.496 e. The first kappa shape index (κ1) is 21.2. The Kier molecular flexibility index (Phi) is 7.17. The maximum absolute atomic E-state index is 12.8. The molecule has 0 saturated heterocycles. The van der Waals surface area contributed by atoms with Crippen LogP contribution >= 0.6 is 11.8 Å². The summed E-state index contributed by atoms with van der Waals surface area (Å²) in [5.74, 6) is 2.48. The number of thioether (sulfide) groups is 1. The molecule has 2 aromatic carbocycles. The van der Waals surface area contributed by atoms with E-state index in [4.69, 9.17) is 4.74 Å². The number of fused-ring (bicyclic) bond motifs is 1. The second-order valence-electron chi connectivity index (χ2n) is 7.06. The molecular formula is C22H28N4O2S. The fourth-order valence-corrected chi connectivity index (χ4v) is 3.94. The molecule has 154 valence electrons. The van der Waals surface area contributed by atoms with Crippen molar-refractivity contribution in [3.63, 3.8) is 0 Å². The Morgan fingerprint density at radius 3 is 2.66 bits per heavy atom. The summed E-state index contributed by atoms with van der Waals surface area (Å²) in [6.07, 6.45) is 2.04. The molecule has 1 heterocycles.